The summed E-state index contributed by atoms with van der Waals surface area (Å²) in [6, 6.07) is 9.83. The van der Waals surface area contributed by atoms with Crippen molar-refractivity contribution in [1.29, 1.82) is 0 Å². The number of esters is 1. The van der Waals surface area contributed by atoms with Gasteiger partial charge >= 0.3 is 5.97 Å². The number of benzene rings is 2. The average Bonchev–Trinajstić information content (AvgIpc) is 2.73. The van der Waals surface area contributed by atoms with Crippen molar-refractivity contribution in [3.05, 3.63) is 52.0 Å². The highest BCUT2D eigenvalue weighted by molar-refractivity contribution is 6.35. The molecule has 9 heteroatoms. The number of carbonyl (C=O) groups excluding carboxylic acids is 2. The molecule has 1 saturated heterocycles. The third-order valence-corrected chi connectivity index (χ3v) is 4.82. The molecule has 0 atom stereocenters. The van der Waals surface area contributed by atoms with Gasteiger partial charge in [0.2, 0.25) is 0 Å². The van der Waals surface area contributed by atoms with Gasteiger partial charge in [0.1, 0.15) is 5.75 Å². The van der Waals surface area contributed by atoms with E-state index in [1.165, 1.54) is 13.2 Å². The summed E-state index contributed by atoms with van der Waals surface area (Å²) in [4.78, 5) is 26.5. The zero-order valence-corrected chi connectivity index (χ0v) is 17.3. The van der Waals surface area contributed by atoms with Crippen molar-refractivity contribution in [1.82, 2.24) is 0 Å². The smallest absolute Gasteiger partial charge is 0.340 e. The second-order valence-corrected chi connectivity index (χ2v) is 7.08. The first-order chi connectivity index (χ1) is 14.0. The van der Waals surface area contributed by atoms with Gasteiger partial charge in [-0.3, -0.25) is 4.79 Å². The number of nitrogens with one attached hydrogen (secondary N) is 1. The fraction of sp³-hybridized carbons (Fsp3) is 0.300. The number of methoxy groups -OCH3 is 1. The molecule has 0 bridgehead atoms. The van der Waals surface area contributed by atoms with Crippen LogP contribution in [0, 0.1) is 0 Å². The summed E-state index contributed by atoms with van der Waals surface area (Å²) in [7, 11) is 1.32. The van der Waals surface area contributed by atoms with Crippen LogP contribution in [0.4, 0.5) is 11.4 Å². The maximum Gasteiger partial charge on any atom is 0.340 e. The fourth-order valence-electron chi connectivity index (χ4n) is 2.90. The number of hydrogen-bond donors (Lipinski definition) is 1. The lowest BCUT2D eigenvalue weighted by atomic mass is 10.1. The molecule has 1 N–H and O–H groups in total. The molecule has 0 spiro atoms. The minimum atomic E-state index is -0.480. The molecule has 1 amide bonds. The van der Waals surface area contributed by atoms with Crippen molar-refractivity contribution in [2.75, 3.05) is 50.2 Å². The van der Waals surface area contributed by atoms with E-state index in [2.05, 4.69) is 5.32 Å². The summed E-state index contributed by atoms with van der Waals surface area (Å²) in [5.74, 6) is -0.526. The first-order valence-electron chi connectivity index (χ1n) is 8.90. The van der Waals surface area contributed by atoms with E-state index in [1.807, 2.05) is 4.90 Å². The summed E-state index contributed by atoms with van der Waals surface area (Å²) in [6.45, 7) is 2.27. The zero-order chi connectivity index (χ0) is 20.8. The monoisotopic (exact) mass is 438 g/mol. The summed E-state index contributed by atoms with van der Waals surface area (Å²) < 4.78 is 15.7. The van der Waals surface area contributed by atoms with E-state index in [0.717, 1.165) is 5.69 Å². The van der Waals surface area contributed by atoms with E-state index in [4.69, 9.17) is 37.4 Å². The van der Waals surface area contributed by atoms with Crippen molar-refractivity contribution >= 4 is 46.5 Å². The van der Waals surface area contributed by atoms with Gasteiger partial charge in [-0.05, 0) is 36.4 Å². The van der Waals surface area contributed by atoms with Crippen molar-refractivity contribution in [3.8, 4) is 5.75 Å². The van der Waals surface area contributed by atoms with E-state index in [-0.39, 0.29) is 6.61 Å². The van der Waals surface area contributed by atoms with Gasteiger partial charge in [0, 0.05) is 23.8 Å². The molecule has 1 aliphatic rings. The molecule has 2 aromatic carbocycles. The molecule has 1 aliphatic heterocycles. The second-order valence-electron chi connectivity index (χ2n) is 6.23. The van der Waals surface area contributed by atoms with Crippen LogP contribution in [0.25, 0.3) is 0 Å². The Kier molecular flexibility index (Phi) is 7.19. The zero-order valence-electron chi connectivity index (χ0n) is 15.7. The van der Waals surface area contributed by atoms with Gasteiger partial charge in [0.05, 0.1) is 36.6 Å². The molecule has 7 nitrogen and oxygen atoms in total. The quantitative estimate of drug-likeness (QED) is 0.693. The molecule has 0 radical (unpaired) electrons. The van der Waals surface area contributed by atoms with Crippen LogP contribution in [0.5, 0.6) is 5.75 Å². The number of ether oxygens (including phenoxy) is 3. The van der Waals surface area contributed by atoms with E-state index in [1.54, 1.807) is 30.3 Å². The molecule has 0 unspecified atom stereocenters. The predicted molar refractivity (Wildman–Crippen MR) is 111 cm³/mol. The van der Waals surface area contributed by atoms with E-state index in [0.29, 0.717) is 53.3 Å². The highest BCUT2D eigenvalue weighted by Crippen LogP contribution is 2.28. The Labute approximate surface area is 178 Å². The Bertz CT molecular complexity index is 900. The Morgan fingerprint density at radius 2 is 1.90 bits per heavy atom. The van der Waals surface area contributed by atoms with Crippen LogP contribution in [0.2, 0.25) is 10.0 Å². The Hall–Kier alpha value is -2.48. The normalized spacial score (nSPS) is 13.7. The molecule has 29 heavy (non-hydrogen) atoms. The van der Waals surface area contributed by atoms with Gasteiger partial charge in [-0.15, -0.1) is 0 Å². The summed E-state index contributed by atoms with van der Waals surface area (Å²) in [5, 5.41) is 3.50. The molecule has 154 valence electrons. The Balaban J connectivity index is 1.69. The number of amides is 1. The van der Waals surface area contributed by atoms with Crippen LogP contribution >= 0.6 is 23.2 Å². The molecular weight excluding hydrogens is 419 g/mol. The van der Waals surface area contributed by atoms with Gasteiger partial charge in [-0.1, -0.05) is 23.2 Å². The highest BCUT2D eigenvalue weighted by Gasteiger charge is 2.20. The van der Waals surface area contributed by atoms with E-state index >= 15 is 0 Å². The lowest BCUT2D eigenvalue weighted by molar-refractivity contribution is -0.118. The lowest BCUT2D eigenvalue weighted by Gasteiger charge is -2.30. The van der Waals surface area contributed by atoms with Crippen molar-refractivity contribution in [3.63, 3.8) is 0 Å². The maximum absolute atomic E-state index is 12.3. The van der Waals surface area contributed by atoms with Crippen LogP contribution in [-0.4, -0.2) is 51.9 Å². The number of halogens is 2. The summed E-state index contributed by atoms with van der Waals surface area (Å²) in [6.07, 6.45) is 0. The van der Waals surface area contributed by atoms with Gasteiger partial charge in [-0.2, -0.15) is 0 Å². The molecular formula is C20H20Cl2N2O5. The minimum Gasteiger partial charge on any atom is -0.482 e. The van der Waals surface area contributed by atoms with Crippen LogP contribution < -0.4 is 15.0 Å². The van der Waals surface area contributed by atoms with E-state index in [9.17, 15) is 9.59 Å². The first-order valence-corrected chi connectivity index (χ1v) is 9.66. The minimum absolute atomic E-state index is 0.250. The molecule has 1 heterocycles. The lowest BCUT2D eigenvalue weighted by Crippen LogP contribution is -2.37. The van der Waals surface area contributed by atoms with Gasteiger partial charge in [0.25, 0.3) is 5.91 Å². The number of carbonyl (C=O) groups is 2. The van der Waals surface area contributed by atoms with Crippen LogP contribution in [0.1, 0.15) is 10.4 Å². The topological polar surface area (TPSA) is 77.1 Å². The number of rotatable bonds is 6. The van der Waals surface area contributed by atoms with Gasteiger partial charge < -0.3 is 24.4 Å². The average molecular weight is 439 g/mol. The second kappa shape index (κ2) is 9.82. The molecule has 0 aromatic heterocycles. The number of hydrogen-bond acceptors (Lipinski definition) is 6. The molecule has 0 saturated carbocycles. The standard InChI is InChI=1S/C20H20Cl2N2O5/c1-27-20(26)15-11-14(3-4-17(15)24-6-8-28-9-7-24)23-19(25)12-29-18-5-2-13(21)10-16(18)22/h2-5,10-11H,6-9,12H2,1H3,(H,23,25). The predicted octanol–water partition coefficient (Wildman–Crippen LogP) is 3.63. The largest absolute Gasteiger partial charge is 0.482 e. The van der Waals surface area contributed by atoms with Crippen molar-refractivity contribution in [2.24, 2.45) is 0 Å². The number of morpholine rings is 1. The van der Waals surface area contributed by atoms with Gasteiger partial charge in [0.15, 0.2) is 6.61 Å². The molecule has 0 aliphatic carbocycles. The third-order valence-electron chi connectivity index (χ3n) is 4.29. The Morgan fingerprint density at radius 1 is 1.14 bits per heavy atom. The number of nitrogens with zero attached hydrogens (tertiary/aromatic N) is 1. The van der Waals surface area contributed by atoms with Crippen LogP contribution in [-0.2, 0) is 14.3 Å². The SMILES string of the molecule is COC(=O)c1cc(NC(=O)COc2ccc(Cl)cc2Cl)ccc1N1CCOCC1. The summed E-state index contributed by atoms with van der Waals surface area (Å²) >= 11 is 11.9. The number of anilines is 2. The Morgan fingerprint density at radius 3 is 2.59 bits per heavy atom. The van der Waals surface area contributed by atoms with Crippen LogP contribution in [0.15, 0.2) is 36.4 Å². The molecule has 3 rings (SSSR count). The first kappa shape index (κ1) is 21.2. The fourth-order valence-corrected chi connectivity index (χ4v) is 3.36. The third kappa shape index (κ3) is 5.53. The van der Waals surface area contributed by atoms with Crippen LogP contribution in [0.3, 0.4) is 0 Å². The van der Waals surface area contributed by atoms with Crippen molar-refractivity contribution < 1.29 is 23.8 Å². The van der Waals surface area contributed by atoms with E-state index < -0.39 is 11.9 Å². The summed E-state index contributed by atoms with van der Waals surface area (Å²) in [5.41, 5.74) is 1.56. The van der Waals surface area contributed by atoms with Crippen molar-refractivity contribution in [2.45, 2.75) is 0 Å². The van der Waals surface area contributed by atoms with Gasteiger partial charge in [-0.25, -0.2) is 4.79 Å². The molecule has 2 aromatic rings. The highest BCUT2D eigenvalue weighted by atomic mass is 35.5. The maximum atomic E-state index is 12.3. The molecule has 1 fully saturated rings.